The number of fused-ring (bicyclic) bond motifs is 6. The zero-order valence-corrected chi connectivity index (χ0v) is 29.5. The van der Waals surface area contributed by atoms with Gasteiger partial charge in [0.1, 0.15) is 6.01 Å². The molecule has 9 atom stereocenters. The van der Waals surface area contributed by atoms with Crippen molar-refractivity contribution in [3.63, 3.8) is 0 Å². The summed E-state index contributed by atoms with van der Waals surface area (Å²) in [6.07, 6.45) is 6.37. The number of alkyl halides is 1. The van der Waals surface area contributed by atoms with Crippen LogP contribution in [-0.4, -0.2) is 74.8 Å². The van der Waals surface area contributed by atoms with Crippen LogP contribution >= 0.6 is 11.8 Å². The molecule has 2 heterocycles. The number of aliphatic hydroxyl groups is 1. The fraction of sp³-hybridized carbons (Fsp3) is 0.595. The number of carbonyl (C=O) groups is 4. The van der Waals surface area contributed by atoms with Crippen molar-refractivity contribution in [3.8, 4) is 5.69 Å². The van der Waals surface area contributed by atoms with Crippen molar-refractivity contribution >= 4 is 40.7 Å². The minimum Gasteiger partial charge on any atom is -0.448 e. The minimum atomic E-state index is -1.55. The van der Waals surface area contributed by atoms with Crippen LogP contribution in [0.2, 0.25) is 0 Å². The smallest absolute Gasteiger partial charge is 0.336 e. The lowest BCUT2D eigenvalue weighted by Gasteiger charge is -2.61. The zero-order chi connectivity index (χ0) is 35.6. The number of benzene rings is 1. The number of rotatable bonds is 8. The quantitative estimate of drug-likeness (QED) is 0.342. The first-order valence-electron chi connectivity index (χ1n) is 17.5. The molecule has 268 valence electrons. The van der Waals surface area contributed by atoms with Gasteiger partial charge in [-0.05, 0) is 116 Å². The average molecular weight is 709 g/mol. The highest BCUT2D eigenvalue weighted by Gasteiger charge is 2.71. The van der Waals surface area contributed by atoms with Gasteiger partial charge >= 0.3 is 5.97 Å². The van der Waals surface area contributed by atoms with Gasteiger partial charge in [-0.15, -0.1) is 0 Å². The van der Waals surface area contributed by atoms with E-state index in [0.717, 1.165) is 24.1 Å². The van der Waals surface area contributed by atoms with Gasteiger partial charge in [0.2, 0.25) is 11.0 Å². The van der Waals surface area contributed by atoms with E-state index in [0.29, 0.717) is 55.3 Å². The number of hydrogen-bond donors (Lipinski definition) is 3. The third kappa shape index (κ3) is 5.42. The number of nitrogens with two attached hydrogens (primary N) is 1. The first kappa shape index (κ1) is 34.9. The number of aromatic nitrogens is 2. The summed E-state index contributed by atoms with van der Waals surface area (Å²) >= 11 is 0.549. The molecule has 0 spiro atoms. The molecular formula is C37H45FN4O7S. The number of carbonyl (C=O) groups excluding carboxylic acids is 4. The van der Waals surface area contributed by atoms with Gasteiger partial charge in [0.05, 0.1) is 30.2 Å². The fourth-order valence-electron chi connectivity index (χ4n) is 10.6. The van der Waals surface area contributed by atoms with Crippen molar-refractivity contribution in [3.05, 3.63) is 52.9 Å². The second kappa shape index (κ2) is 12.9. The average Bonchev–Trinajstić information content (AvgIpc) is 3.81. The van der Waals surface area contributed by atoms with Gasteiger partial charge < -0.3 is 25.6 Å². The van der Waals surface area contributed by atoms with Gasteiger partial charge in [0.15, 0.2) is 11.7 Å². The molecule has 2 aromatic rings. The minimum absolute atomic E-state index is 0.0225. The highest BCUT2D eigenvalue weighted by atomic mass is 32.2. The maximum atomic E-state index is 13.8. The summed E-state index contributed by atoms with van der Waals surface area (Å²) in [4.78, 5) is 51.1. The molecule has 4 N–H and O–H groups in total. The molecule has 4 fully saturated rings. The summed E-state index contributed by atoms with van der Waals surface area (Å²) in [7, 11) is 0. The largest absolute Gasteiger partial charge is 0.448 e. The molecule has 3 saturated carbocycles. The lowest BCUT2D eigenvalue weighted by atomic mass is 9.44. The molecule has 1 aromatic carbocycles. The molecule has 0 bridgehead atoms. The highest BCUT2D eigenvalue weighted by Crippen LogP contribution is 2.69. The summed E-state index contributed by atoms with van der Waals surface area (Å²) < 4.78 is 27.4. The fourth-order valence-corrected chi connectivity index (χ4v) is 11.3. The molecule has 11 nitrogen and oxygen atoms in total. The number of esters is 1. The molecule has 0 radical (unpaired) electrons. The molecule has 1 aromatic heterocycles. The number of allylic oxidation sites excluding steroid dienone is 1. The van der Waals surface area contributed by atoms with E-state index in [4.69, 9.17) is 20.3 Å². The topological polar surface area (TPSA) is 163 Å². The predicted molar refractivity (Wildman–Crippen MR) is 183 cm³/mol. The molecule has 5 aliphatic rings. The Morgan fingerprint density at radius 2 is 2.04 bits per heavy atom. The first-order chi connectivity index (χ1) is 23.8. The number of ether oxygens (including phenoxy) is 2. The molecule has 2 amide bonds. The van der Waals surface area contributed by atoms with Crippen LogP contribution in [0, 0.1) is 34.5 Å². The maximum absolute atomic E-state index is 13.8. The Bertz CT molecular complexity index is 1760. The second-order valence-corrected chi connectivity index (χ2v) is 16.2. The molecular weight excluding hydrogens is 663 g/mol. The third-order valence-electron chi connectivity index (χ3n) is 12.6. The SMILES string of the molecule is C[C@H]1C[C@@H]2[C@H]([C@@H](O)C[C@@]3(C)[C@H]2CC[C@]3(OC(=O)[C@H]2CCCO2)C(=O)SCF)[C@@]2(C)Cc3cnn(-c4cccc(C(=O)NCC(N)=O)c4)c3C=C12. The highest BCUT2D eigenvalue weighted by molar-refractivity contribution is 8.13. The van der Waals surface area contributed by atoms with Crippen molar-refractivity contribution in [1.82, 2.24) is 15.1 Å². The Balaban J connectivity index is 1.20. The Hall–Kier alpha value is -3.55. The van der Waals surface area contributed by atoms with E-state index in [-0.39, 0.29) is 36.6 Å². The molecule has 13 heteroatoms. The van der Waals surface area contributed by atoms with Crippen LogP contribution in [0.5, 0.6) is 0 Å². The summed E-state index contributed by atoms with van der Waals surface area (Å²) in [6, 6.07) is 6.11. The van der Waals surface area contributed by atoms with E-state index < -0.39 is 57.5 Å². The second-order valence-electron chi connectivity index (χ2n) is 15.3. The van der Waals surface area contributed by atoms with Crippen molar-refractivity contribution in [1.29, 1.82) is 0 Å². The standard InChI is InChI=1S/C37H45FN4O7S/c1-20-12-24-25-9-10-37(34(47)50-19-38,49-33(46)29-8-5-11-48-29)36(25,3)16-28(43)31(24)35(2)15-22-17-41-42(27(22)14-26(20)35)23-7-4-6-21(13-23)32(45)40-18-30(39)44/h4,6-7,13-14,17,20,24-25,28-29,31,43H,5,8-12,15-16,18-19H2,1-3H3,(H2,39,44)(H,40,45)/t20-,24-,25-,28-,29+,31+,35-,36-,37-/m0/s1. The van der Waals surface area contributed by atoms with Crippen molar-refractivity contribution in [2.75, 3.05) is 19.2 Å². The van der Waals surface area contributed by atoms with Gasteiger partial charge in [-0.3, -0.25) is 14.4 Å². The zero-order valence-electron chi connectivity index (χ0n) is 28.7. The number of halogens is 1. The van der Waals surface area contributed by atoms with E-state index in [1.165, 1.54) is 5.57 Å². The van der Waals surface area contributed by atoms with Crippen LogP contribution in [0.3, 0.4) is 0 Å². The van der Waals surface area contributed by atoms with Crippen molar-refractivity contribution in [2.24, 2.45) is 40.2 Å². The van der Waals surface area contributed by atoms with Crippen LogP contribution in [0.1, 0.15) is 80.9 Å². The summed E-state index contributed by atoms with van der Waals surface area (Å²) in [5.41, 5.74) is 6.61. The number of primary amides is 1. The van der Waals surface area contributed by atoms with E-state index in [1.807, 2.05) is 23.9 Å². The van der Waals surface area contributed by atoms with Gasteiger partial charge in [-0.25, -0.2) is 13.9 Å². The van der Waals surface area contributed by atoms with Crippen LogP contribution in [-0.2, 0) is 30.3 Å². The Morgan fingerprint density at radius 3 is 2.76 bits per heavy atom. The molecule has 1 aliphatic heterocycles. The summed E-state index contributed by atoms with van der Waals surface area (Å²) in [5, 5.41) is 19.0. The third-order valence-corrected chi connectivity index (χ3v) is 13.3. The van der Waals surface area contributed by atoms with E-state index in [9.17, 15) is 28.7 Å². The molecule has 7 rings (SSSR count). The van der Waals surface area contributed by atoms with Crippen LogP contribution in [0.25, 0.3) is 11.8 Å². The summed E-state index contributed by atoms with van der Waals surface area (Å²) in [6.45, 7) is 6.60. The van der Waals surface area contributed by atoms with E-state index >= 15 is 0 Å². The van der Waals surface area contributed by atoms with Crippen molar-refractivity contribution < 1.29 is 38.1 Å². The number of nitrogens with one attached hydrogen (secondary N) is 1. The van der Waals surface area contributed by atoms with Gasteiger partial charge in [-0.2, -0.15) is 5.10 Å². The number of thioether (sulfide) groups is 1. The lowest BCUT2D eigenvalue weighted by Crippen LogP contribution is -2.63. The van der Waals surface area contributed by atoms with Gasteiger partial charge in [0, 0.05) is 17.6 Å². The first-order valence-corrected chi connectivity index (χ1v) is 18.5. The van der Waals surface area contributed by atoms with Crippen molar-refractivity contribution in [2.45, 2.75) is 83.5 Å². The van der Waals surface area contributed by atoms with Gasteiger partial charge in [-0.1, -0.05) is 32.4 Å². The monoisotopic (exact) mass is 708 g/mol. The maximum Gasteiger partial charge on any atom is 0.336 e. The molecule has 4 aliphatic carbocycles. The van der Waals surface area contributed by atoms with Crippen LogP contribution in [0.4, 0.5) is 4.39 Å². The van der Waals surface area contributed by atoms with Crippen LogP contribution < -0.4 is 11.1 Å². The lowest BCUT2D eigenvalue weighted by molar-refractivity contribution is -0.203. The van der Waals surface area contributed by atoms with E-state index in [1.54, 1.807) is 18.2 Å². The molecule has 1 saturated heterocycles. The normalized spacial score (nSPS) is 35.6. The molecule has 50 heavy (non-hydrogen) atoms. The number of aliphatic hydroxyl groups excluding tert-OH is 1. The number of hydrogen-bond acceptors (Lipinski definition) is 9. The number of amides is 2. The Morgan fingerprint density at radius 1 is 1.24 bits per heavy atom. The van der Waals surface area contributed by atoms with E-state index in [2.05, 4.69) is 25.2 Å². The predicted octanol–water partition coefficient (Wildman–Crippen LogP) is 4.13. The Kier molecular flexibility index (Phi) is 9.00. The molecule has 0 unspecified atom stereocenters. The summed E-state index contributed by atoms with van der Waals surface area (Å²) in [5.74, 6) is -1.58. The number of nitrogens with zero attached hydrogens (tertiary/aromatic N) is 2. The van der Waals surface area contributed by atoms with Gasteiger partial charge in [0.25, 0.3) is 5.91 Å². The van der Waals surface area contributed by atoms with Crippen LogP contribution in [0.15, 0.2) is 36.0 Å². The Labute approximate surface area is 294 Å².